The van der Waals surface area contributed by atoms with E-state index < -0.39 is 6.04 Å². The third-order valence-electron chi connectivity index (χ3n) is 7.13. The number of amides is 3. The van der Waals surface area contributed by atoms with Gasteiger partial charge in [-0.15, -0.1) is 0 Å². The van der Waals surface area contributed by atoms with Crippen molar-refractivity contribution in [3.05, 3.63) is 65.7 Å². The quantitative estimate of drug-likeness (QED) is 0.205. The molecule has 2 aromatic rings. The van der Waals surface area contributed by atoms with Crippen LogP contribution in [0.25, 0.3) is 0 Å². The minimum atomic E-state index is -0.540. The average molecular weight is 553 g/mol. The van der Waals surface area contributed by atoms with E-state index in [2.05, 4.69) is 24.5 Å². The van der Waals surface area contributed by atoms with Gasteiger partial charge in [0.25, 0.3) is 0 Å². The summed E-state index contributed by atoms with van der Waals surface area (Å²) >= 11 is 0. The standard InChI is InChI=1S/C32H48N4O4/c1-6-21-36(24-37)28(23-26-14-9-8-10-15-26)31(38)34-19-13-17-27-16-11-12-18-29(27)40-22-20-33-30(25(3)7-2)32(39)35(4)5/h8-12,14-16,18,24-25,28,30,33H,6-7,13,17,19-23H2,1-5H3,(H,34,38)/t25?,28-,30+/m1/s1. The van der Waals surface area contributed by atoms with E-state index in [1.54, 1.807) is 23.9 Å². The highest BCUT2D eigenvalue weighted by Crippen LogP contribution is 2.19. The number of hydrogen-bond donors (Lipinski definition) is 2. The Hall–Kier alpha value is -3.39. The summed E-state index contributed by atoms with van der Waals surface area (Å²) in [7, 11) is 3.56. The summed E-state index contributed by atoms with van der Waals surface area (Å²) < 4.78 is 6.08. The zero-order chi connectivity index (χ0) is 29.3. The second-order valence-electron chi connectivity index (χ2n) is 10.4. The van der Waals surface area contributed by atoms with E-state index in [9.17, 15) is 14.4 Å². The zero-order valence-corrected chi connectivity index (χ0v) is 24.9. The molecule has 0 aliphatic rings. The fraction of sp³-hybridized carbons (Fsp3) is 0.531. The molecule has 0 aliphatic heterocycles. The summed E-state index contributed by atoms with van der Waals surface area (Å²) in [6, 6.07) is 16.9. The number of para-hydroxylation sites is 1. The van der Waals surface area contributed by atoms with Gasteiger partial charge in [0.2, 0.25) is 18.2 Å². The summed E-state index contributed by atoms with van der Waals surface area (Å²) in [5, 5.41) is 6.40. The van der Waals surface area contributed by atoms with Gasteiger partial charge in [-0.25, -0.2) is 0 Å². The highest BCUT2D eigenvalue weighted by Gasteiger charge is 2.25. The molecule has 0 heterocycles. The van der Waals surface area contributed by atoms with Gasteiger partial charge in [-0.3, -0.25) is 14.4 Å². The van der Waals surface area contributed by atoms with Crippen LogP contribution in [-0.2, 0) is 27.2 Å². The summed E-state index contributed by atoms with van der Waals surface area (Å²) in [5.41, 5.74) is 2.09. The van der Waals surface area contributed by atoms with Crippen LogP contribution < -0.4 is 15.4 Å². The molecule has 220 valence electrons. The first-order chi connectivity index (χ1) is 19.3. The van der Waals surface area contributed by atoms with Gasteiger partial charge in [0.05, 0.1) is 6.04 Å². The molecule has 3 atom stereocenters. The molecule has 8 heteroatoms. The van der Waals surface area contributed by atoms with Crippen molar-refractivity contribution >= 4 is 18.2 Å². The molecule has 0 saturated carbocycles. The lowest BCUT2D eigenvalue weighted by molar-refractivity contribution is -0.133. The van der Waals surface area contributed by atoms with Crippen LogP contribution in [0.4, 0.5) is 0 Å². The Kier molecular flexibility index (Phi) is 14.8. The highest BCUT2D eigenvalue weighted by atomic mass is 16.5. The molecule has 2 N–H and O–H groups in total. The molecule has 2 rings (SSSR count). The number of nitrogens with one attached hydrogen (secondary N) is 2. The molecule has 2 aromatic carbocycles. The van der Waals surface area contributed by atoms with Crippen molar-refractivity contribution in [2.45, 2.75) is 65.0 Å². The number of benzene rings is 2. The van der Waals surface area contributed by atoms with Crippen molar-refractivity contribution in [2.24, 2.45) is 5.92 Å². The smallest absolute Gasteiger partial charge is 0.243 e. The zero-order valence-electron chi connectivity index (χ0n) is 24.9. The number of rotatable bonds is 19. The Balaban J connectivity index is 1.89. The van der Waals surface area contributed by atoms with Gasteiger partial charge < -0.3 is 25.2 Å². The van der Waals surface area contributed by atoms with Gasteiger partial charge in [-0.1, -0.05) is 75.7 Å². The third kappa shape index (κ3) is 10.6. The molecule has 40 heavy (non-hydrogen) atoms. The van der Waals surface area contributed by atoms with E-state index >= 15 is 0 Å². The van der Waals surface area contributed by atoms with E-state index in [0.717, 1.165) is 49.0 Å². The maximum atomic E-state index is 13.1. The van der Waals surface area contributed by atoms with Gasteiger partial charge in [0.1, 0.15) is 18.4 Å². The van der Waals surface area contributed by atoms with Gasteiger partial charge in [-0.2, -0.15) is 0 Å². The number of aryl methyl sites for hydroxylation is 1. The Morgan fingerprint density at radius 3 is 2.35 bits per heavy atom. The first-order valence-electron chi connectivity index (χ1n) is 14.5. The molecule has 8 nitrogen and oxygen atoms in total. The van der Waals surface area contributed by atoms with E-state index in [4.69, 9.17) is 4.74 Å². The minimum Gasteiger partial charge on any atom is -0.492 e. The van der Waals surface area contributed by atoms with Crippen LogP contribution in [0.2, 0.25) is 0 Å². The molecular formula is C32H48N4O4. The molecular weight excluding hydrogens is 504 g/mol. The van der Waals surface area contributed by atoms with E-state index in [1.165, 1.54) is 0 Å². The normalized spacial score (nSPS) is 13.1. The molecule has 0 saturated heterocycles. The number of hydrogen-bond acceptors (Lipinski definition) is 5. The maximum Gasteiger partial charge on any atom is 0.243 e. The van der Waals surface area contributed by atoms with Gasteiger partial charge in [-0.05, 0) is 42.4 Å². The van der Waals surface area contributed by atoms with E-state index in [1.807, 2.05) is 61.5 Å². The number of ether oxygens (including phenoxy) is 1. The monoisotopic (exact) mass is 552 g/mol. The molecule has 0 aliphatic carbocycles. The molecule has 1 unspecified atom stereocenters. The summed E-state index contributed by atoms with van der Waals surface area (Å²) in [5.74, 6) is 0.980. The lowest BCUT2D eigenvalue weighted by atomic mass is 9.98. The van der Waals surface area contributed by atoms with Crippen molar-refractivity contribution in [1.29, 1.82) is 0 Å². The second kappa shape index (κ2) is 18.1. The van der Waals surface area contributed by atoms with Crippen LogP contribution in [-0.4, -0.2) is 80.4 Å². The highest BCUT2D eigenvalue weighted by molar-refractivity contribution is 5.84. The molecule has 0 radical (unpaired) electrons. The Labute approximate surface area is 240 Å². The number of likely N-dealkylation sites (N-methyl/N-ethyl adjacent to an activating group) is 1. The first-order valence-corrected chi connectivity index (χ1v) is 14.5. The lowest BCUT2D eigenvalue weighted by Crippen LogP contribution is -2.48. The summed E-state index contributed by atoms with van der Waals surface area (Å²) in [4.78, 5) is 40.6. The maximum absolute atomic E-state index is 13.1. The minimum absolute atomic E-state index is 0.0776. The van der Waals surface area contributed by atoms with E-state index in [-0.39, 0.29) is 23.8 Å². The van der Waals surface area contributed by atoms with Gasteiger partial charge in [0.15, 0.2) is 0 Å². The predicted octanol–water partition coefficient (Wildman–Crippen LogP) is 3.69. The third-order valence-corrected chi connectivity index (χ3v) is 7.13. The van der Waals surface area contributed by atoms with E-state index in [0.29, 0.717) is 32.7 Å². The molecule has 0 spiro atoms. The summed E-state index contributed by atoms with van der Waals surface area (Å²) in [6.45, 7) is 8.21. The second-order valence-corrected chi connectivity index (χ2v) is 10.4. The predicted molar refractivity (Wildman–Crippen MR) is 160 cm³/mol. The first kappa shape index (κ1) is 32.8. The van der Waals surface area contributed by atoms with Crippen molar-refractivity contribution in [1.82, 2.24) is 20.4 Å². The Morgan fingerprint density at radius 2 is 1.70 bits per heavy atom. The van der Waals surface area contributed by atoms with Crippen LogP contribution >= 0.6 is 0 Å². The van der Waals surface area contributed by atoms with Crippen LogP contribution in [0.15, 0.2) is 54.6 Å². The molecule has 0 bridgehead atoms. The Bertz CT molecular complexity index is 1030. The fourth-order valence-corrected chi connectivity index (χ4v) is 4.62. The van der Waals surface area contributed by atoms with Crippen molar-refractivity contribution in [3.8, 4) is 5.75 Å². The average Bonchev–Trinajstić information content (AvgIpc) is 2.97. The Morgan fingerprint density at radius 1 is 1.00 bits per heavy atom. The topological polar surface area (TPSA) is 91.0 Å². The SMILES string of the molecule is CCCN(C=O)[C@H](Cc1ccccc1)C(=O)NCCCc1ccccc1OCCN[C@H](C(=O)N(C)C)C(C)CC. The number of carbonyl (C=O) groups is 3. The summed E-state index contributed by atoms with van der Waals surface area (Å²) in [6.07, 6.45) is 4.44. The van der Waals surface area contributed by atoms with Crippen LogP contribution in [0.1, 0.15) is 51.2 Å². The van der Waals surface area contributed by atoms with Crippen LogP contribution in [0.3, 0.4) is 0 Å². The number of carbonyl (C=O) groups excluding carboxylic acids is 3. The van der Waals surface area contributed by atoms with Crippen molar-refractivity contribution in [3.63, 3.8) is 0 Å². The van der Waals surface area contributed by atoms with Gasteiger partial charge in [0, 0.05) is 40.2 Å². The van der Waals surface area contributed by atoms with Crippen molar-refractivity contribution in [2.75, 3.05) is 40.3 Å². The number of nitrogens with zero attached hydrogens (tertiary/aromatic N) is 2. The molecule has 0 aromatic heterocycles. The molecule has 0 fully saturated rings. The van der Waals surface area contributed by atoms with Gasteiger partial charge >= 0.3 is 0 Å². The van der Waals surface area contributed by atoms with Crippen LogP contribution in [0.5, 0.6) is 5.75 Å². The largest absolute Gasteiger partial charge is 0.492 e. The molecule has 3 amide bonds. The van der Waals surface area contributed by atoms with Crippen molar-refractivity contribution < 1.29 is 19.1 Å². The van der Waals surface area contributed by atoms with Crippen LogP contribution in [0, 0.1) is 5.92 Å². The lowest BCUT2D eigenvalue weighted by Gasteiger charge is -2.27. The fourth-order valence-electron chi connectivity index (χ4n) is 4.62.